The van der Waals surface area contributed by atoms with Crippen LogP contribution in [0.2, 0.25) is 0 Å². The molecular weight excluding hydrogens is 420 g/mol. The minimum atomic E-state index is -1.32. The van der Waals surface area contributed by atoms with Crippen molar-refractivity contribution in [1.82, 2.24) is 0 Å². The number of esters is 4. The van der Waals surface area contributed by atoms with Gasteiger partial charge in [-0.2, -0.15) is 0 Å². The molecule has 32 heavy (non-hydrogen) atoms. The van der Waals surface area contributed by atoms with E-state index < -0.39 is 53.9 Å². The lowest BCUT2D eigenvalue weighted by Gasteiger charge is -2.37. The number of carbonyl (C=O) groups is 4. The SMILES string of the molecule is C/C=C/C1=C(COC(C)=O)[C@@H](OC(C)=O)[C@@H]2O[C@]2([C@@H](C=C(C)C)OC(C)=O)[C@@H]1OC(C)=O. The van der Waals surface area contributed by atoms with Crippen LogP contribution < -0.4 is 0 Å². The van der Waals surface area contributed by atoms with Crippen LogP contribution >= 0.6 is 0 Å². The van der Waals surface area contributed by atoms with Crippen molar-refractivity contribution >= 4 is 23.9 Å². The van der Waals surface area contributed by atoms with Gasteiger partial charge in [0, 0.05) is 38.8 Å². The Morgan fingerprint density at radius 1 is 0.969 bits per heavy atom. The van der Waals surface area contributed by atoms with Crippen LogP contribution in [0.1, 0.15) is 48.5 Å². The number of allylic oxidation sites excluding steroid dienone is 2. The van der Waals surface area contributed by atoms with E-state index in [1.54, 1.807) is 25.2 Å². The van der Waals surface area contributed by atoms with Crippen molar-refractivity contribution in [3.8, 4) is 0 Å². The molecular formula is C23H30O9. The van der Waals surface area contributed by atoms with E-state index in [0.717, 1.165) is 5.57 Å². The number of hydrogen-bond donors (Lipinski definition) is 0. The molecule has 0 spiro atoms. The van der Waals surface area contributed by atoms with Gasteiger partial charge in [-0.1, -0.05) is 17.7 Å². The summed E-state index contributed by atoms with van der Waals surface area (Å²) in [4.78, 5) is 47.3. The maximum atomic E-state index is 12.0. The molecule has 1 aliphatic heterocycles. The van der Waals surface area contributed by atoms with E-state index >= 15 is 0 Å². The number of epoxide rings is 1. The molecule has 0 saturated carbocycles. The summed E-state index contributed by atoms with van der Waals surface area (Å²) in [5.74, 6) is -2.23. The van der Waals surface area contributed by atoms with Crippen LogP contribution in [0.25, 0.3) is 0 Å². The minimum Gasteiger partial charge on any atom is -0.461 e. The zero-order valence-electron chi connectivity index (χ0n) is 19.4. The smallest absolute Gasteiger partial charge is 0.303 e. The topological polar surface area (TPSA) is 118 Å². The summed E-state index contributed by atoms with van der Waals surface area (Å²) >= 11 is 0. The highest BCUT2D eigenvalue weighted by Gasteiger charge is 2.75. The van der Waals surface area contributed by atoms with Crippen LogP contribution in [-0.2, 0) is 42.9 Å². The molecule has 9 heteroatoms. The average Bonchev–Trinajstić information content (AvgIpc) is 3.39. The number of ether oxygens (including phenoxy) is 5. The fourth-order valence-electron chi connectivity index (χ4n) is 3.92. The molecule has 9 nitrogen and oxygen atoms in total. The second kappa shape index (κ2) is 10.1. The molecule has 1 fully saturated rings. The van der Waals surface area contributed by atoms with Gasteiger partial charge in [-0.05, 0) is 26.8 Å². The van der Waals surface area contributed by atoms with Gasteiger partial charge in [-0.3, -0.25) is 19.2 Å². The number of fused-ring (bicyclic) bond motifs is 1. The van der Waals surface area contributed by atoms with E-state index in [0.29, 0.717) is 11.1 Å². The van der Waals surface area contributed by atoms with Gasteiger partial charge in [0.25, 0.3) is 0 Å². The lowest BCUT2D eigenvalue weighted by molar-refractivity contribution is -0.158. The zero-order chi connectivity index (χ0) is 24.2. The van der Waals surface area contributed by atoms with E-state index in [4.69, 9.17) is 23.7 Å². The van der Waals surface area contributed by atoms with Crippen molar-refractivity contribution < 1.29 is 42.9 Å². The van der Waals surface area contributed by atoms with Gasteiger partial charge in [-0.25, -0.2) is 0 Å². The van der Waals surface area contributed by atoms with Crippen LogP contribution in [0.4, 0.5) is 0 Å². The predicted molar refractivity (Wildman–Crippen MR) is 112 cm³/mol. The van der Waals surface area contributed by atoms with Gasteiger partial charge >= 0.3 is 23.9 Å². The van der Waals surface area contributed by atoms with Gasteiger partial charge in [0.2, 0.25) is 0 Å². The molecule has 1 aliphatic carbocycles. The Kier molecular flexibility index (Phi) is 8.01. The lowest BCUT2D eigenvalue weighted by atomic mass is 9.76. The molecule has 1 saturated heterocycles. The monoisotopic (exact) mass is 450 g/mol. The summed E-state index contributed by atoms with van der Waals surface area (Å²) in [7, 11) is 0. The minimum absolute atomic E-state index is 0.193. The Morgan fingerprint density at radius 3 is 2.06 bits per heavy atom. The quantitative estimate of drug-likeness (QED) is 0.238. The molecule has 0 amide bonds. The van der Waals surface area contributed by atoms with Gasteiger partial charge in [0.1, 0.15) is 12.7 Å². The molecule has 5 atom stereocenters. The van der Waals surface area contributed by atoms with Crippen LogP contribution in [0.5, 0.6) is 0 Å². The Morgan fingerprint density at radius 2 is 1.59 bits per heavy atom. The van der Waals surface area contributed by atoms with Crippen LogP contribution in [0.15, 0.2) is 34.9 Å². The lowest BCUT2D eigenvalue weighted by Crippen LogP contribution is -2.53. The maximum absolute atomic E-state index is 12.0. The van der Waals surface area contributed by atoms with E-state index in [2.05, 4.69) is 0 Å². The first kappa shape index (κ1) is 25.3. The largest absolute Gasteiger partial charge is 0.461 e. The first-order chi connectivity index (χ1) is 14.9. The molecule has 0 aromatic heterocycles. The second-order valence-electron chi connectivity index (χ2n) is 7.95. The molecule has 2 rings (SSSR count). The number of hydrogen-bond acceptors (Lipinski definition) is 9. The fourth-order valence-corrected chi connectivity index (χ4v) is 3.92. The van der Waals surface area contributed by atoms with E-state index in [1.807, 2.05) is 13.8 Å². The Labute approximate surface area is 187 Å². The first-order valence-corrected chi connectivity index (χ1v) is 10.3. The summed E-state index contributed by atoms with van der Waals surface area (Å²) in [6.07, 6.45) is 1.43. The molecule has 176 valence electrons. The molecule has 0 aromatic rings. The summed E-state index contributed by atoms with van der Waals surface area (Å²) in [6, 6.07) is 0. The van der Waals surface area contributed by atoms with E-state index in [9.17, 15) is 19.2 Å². The summed E-state index contributed by atoms with van der Waals surface area (Å²) in [5, 5.41) is 0. The molecule has 0 aromatic carbocycles. The van der Waals surface area contributed by atoms with Gasteiger partial charge in [0.05, 0.1) is 0 Å². The highest BCUT2D eigenvalue weighted by Crippen LogP contribution is 2.56. The zero-order valence-corrected chi connectivity index (χ0v) is 19.4. The van der Waals surface area contributed by atoms with E-state index in [1.165, 1.54) is 27.7 Å². The Bertz CT molecular complexity index is 878. The van der Waals surface area contributed by atoms with Gasteiger partial charge in [0.15, 0.2) is 23.9 Å². The first-order valence-electron chi connectivity index (χ1n) is 10.3. The molecule has 0 unspecified atom stereocenters. The maximum Gasteiger partial charge on any atom is 0.303 e. The second-order valence-corrected chi connectivity index (χ2v) is 7.95. The van der Waals surface area contributed by atoms with Gasteiger partial charge in [-0.15, -0.1) is 0 Å². The highest BCUT2D eigenvalue weighted by molar-refractivity contribution is 5.70. The average molecular weight is 450 g/mol. The van der Waals surface area contributed by atoms with Crippen molar-refractivity contribution in [1.29, 1.82) is 0 Å². The van der Waals surface area contributed by atoms with Crippen LogP contribution in [0.3, 0.4) is 0 Å². The summed E-state index contributed by atoms with van der Waals surface area (Å²) in [5.41, 5.74) is 0.399. The summed E-state index contributed by atoms with van der Waals surface area (Å²) in [6.45, 7) is 10.2. The third kappa shape index (κ3) is 5.45. The van der Waals surface area contributed by atoms with Gasteiger partial charge < -0.3 is 23.7 Å². The van der Waals surface area contributed by atoms with Crippen molar-refractivity contribution in [3.63, 3.8) is 0 Å². The fraction of sp³-hybridized carbons (Fsp3) is 0.565. The number of carbonyl (C=O) groups excluding carboxylic acids is 4. The molecule has 1 heterocycles. The Hall–Kier alpha value is -2.94. The van der Waals surface area contributed by atoms with Crippen molar-refractivity contribution in [3.05, 3.63) is 34.9 Å². The number of rotatable bonds is 8. The summed E-state index contributed by atoms with van der Waals surface area (Å²) < 4.78 is 28.1. The standard InChI is InChI=1S/C23H30O9/c1-8-9-17-18(11-28-13(4)24)20(30-15(6)26)22-23(32-22,21(17)31-16(7)27)19(10-12(2)3)29-14(5)25/h8-10,19-22H,11H2,1-7H3/b9-8+/t19-,20-,21-,22+,23-/m1/s1. The predicted octanol–water partition coefficient (Wildman–Crippen LogP) is 2.33. The Balaban J connectivity index is 2.74. The third-order valence-corrected chi connectivity index (χ3v) is 4.98. The molecule has 2 aliphatic rings. The third-order valence-electron chi connectivity index (χ3n) is 4.98. The molecule has 0 radical (unpaired) electrons. The van der Waals surface area contributed by atoms with E-state index in [-0.39, 0.29) is 6.61 Å². The molecule has 0 bridgehead atoms. The van der Waals surface area contributed by atoms with Crippen molar-refractivity contribution in [2.45, 2.75) is 78.5 Å². The molecule has 0 N–H and O–H groups in total. The van der Waals surface area contributed by atoms with Crippen LogP contribution in [-0.4, -0.2) is 60.5 Å². The highest BCUT2D eigenvalue weighted by atomic mass is 16.7. The normalized spacial score (nSPS) is 27.2. The van der Waals surface area contributed by atoms with Crippen LogP contribution in [0, 0.1) is 0 Å². The van der Waals surface area contributed by atoms with Crippen molar-refractivity contribution in [2.75, 3.05) is 6.61 Å². The van der Waals surface area contributed by atoms with Crippen molar-refractivity contribution in [2.24, 2.45) is 0 Å².